The molecule has 2 aliphatic rings. The second kappa shape index (κ2) is 8.22. The van der Waals surface area contributed by atoms with Crippen LogP contribution in [0.2, 0.25) is 0 Å². The summed E-state index contributed by atoms with van der Waals surface area (Å²) in [6, 6.07) is 9.68. The Bertz CT molecular complexity index is 872. The van der Waals surface area contributed by atoms with E-state index < -0.39 is 0 Å². The molecule has 0 fully saturated rings. The van der Waals surface area contributed by atoms with E-state index in [-0.39, 0.29) is 30.3 Å². The zero-order valence-corrected chi connectivity index (χ0v) is 17.7. The molecule has 0 spiro atoms. The summed E-state index contributed by atoms with van der Waals surface area (Å²) in [6.45, 7) is 5.76. The molecule has 2 aliphatic heterocycles. The van der Waals surface area contributed by atoms with E-state index in [1.165, 1.54) is 11.8 Å². The number of likely N-dealkylation sites (N-methyl/N-ethyl adjacent to an activating group) is 1. The van der Waals surface area contributed by atoms with Gasteiger partial charge in [-0.15, -0.1) is 0 Å². The van der Waals surface area contributed by atoms with Crippen LogP contribution in [0.5, 0.6) is 0 Å². The SMILES string of the molecule is CC1=C(C(=O)N(C)C)C(c2ccccc2)N2C(CC(=O)NC(C)C)=CSC2=N1. The van der Waals surface area contributed by atoms with Crippen LogP contribution in [0.1, 0.15) is 38.8 Å². The third-order valence-corrected chi connectivity index (χ3v) is 5.43. The van der Waals surface area contributed by atoms with Gasteiger partial charge in [0, 0.05) is 25.8 Å². The number of fused-ring (bicyclic) bond motifs is 1. The lowest BCUT2D eigenvalue weighted by molar-refractivity contribution is -0.125. The van der Waals surface area contributed by atoms with Crippen LogP contribution in [0.25, 0.3) is 0 Å². The molecule has 0 aromatic heterocycles. The van der Waals surface area contributed by atoms with Gasteiger partial charge in [-0.3, -0.25) is 9.59 Å². The first-order chi connectivity index (χ1) is 13.3. The van der Waals surface area contributed by atoms with E-state index in [1.54, 1.807) is 19.0 Å². The Balaban J connectivity index is 2.03. The van der Waals surface area contributed by atoms with Gasteiger partial charge in [0.05, 0.1) is 23.7 Å². The molecule has 1 atom stereocenters. The van der Waals surface area contributed by atoms with Crippen LogP contribution < -0.4 is 5.32 Å². The van der Waals surface area contributed by atoms with Crippen molar-refractivity contribution in [3.8, 4) is 0 Å². The molecule has 0 saturated carbocycles. The first-order valence-electron chi connectivity index (χ1n) is 9.30. The van der Waals surface area contributed by atoms with E-state index in [1.807, 2.05) is 61.4 Å². The van der Waals surface area contributed by atoms with Crippen molar-refractivity contribution in [1.29, 1.82) is 0 Å². The molecule has 1 aromatic rings. The lowest BCUT2D eigenvalue weighted by Crippen LogP contribution is -2.40. The van der Waals surface area contributed by atoms with Gasteiger partial charge in [0.2, 0.25) is 5.91 Å². The second-order valence-electron chi connectivity index (χ2n) is 7.40. The molecule has 0 radical (unpaired) electrons. The van der Waals surface area contributed by atoms with E-state index >= 15 is 0 Å². The first-order valence-corrected chi connectivity index (χ1v) is 10.2. The third-order valence-electron chi connectivity index (χ3n) is 4.54. The van der Waals surface area contributed by atoms with E-state index in [2.05, 4.69) is 10.3 Å². The zero-order valence-electron chi connectivity index (χ0n) is 16.9. The Morgan fingerprint density at radius 3 is 2.54 bits per heavy atom. The maximum absolute atomic E-state index is 13.0. The van der Waals surface area contributed by atoms with Crippen molar-refractivity contribution in [2.75, 3.05) is 14.1 Å². The Hall–Kier alpha value is -2.54. The molecule has 0 bridgehead atoms. The number of nitrogens with one attached hydrogen (secondary N) is 1. The van der Waals surface area contributed by atoms with Crippen molar-refractivity contribution < 1.29 is 9.59 Å². The first kappa shape index (κ1) is 20.2. The summed E-state index contributed by atoms with van der Waals surface area (Å²) in [5.41, 5.74) is 3.20. The fraction of sp³-hybridized carbons (Fsp3) is 0.381. The number of carbonyl (C=O) groups excluding carboxylic acids is 2. The fourth-order valence-corrected chi connectivity index (χ4v) is 4.34. The zero-order chi connectivity index (χ0) is 20.4. The Morgan fingerprint density at radius 2 is 1.93 bits per heavy atom. The van der Waals surface area contributed by atoms with Crippen LogP contribution in [0.3, 0.4) is 0 Å². The number of carbonyl (C=O) groups is 2. The predicted molar refractivity (Wildman–Crippen MR) is 113 cm³/mol. The van der Waals surface area contributed by atoms with Crippen molar-refractivity contribution in [3.63, 3.8) is 0 Å². The van der Waals surface area contributed by atoms with Crippen LogP contribution in [0.4, 0.5) is 0 Å². The van der Waals surface area contributed by atoms with E-state index in [4.69, 9.17) is 0 Å². The highest BCUT2D eigenvalue weighted by Crippen LogP contribution is 2.44. The van der Waals surface area contributed by atoms with Crippen molar-refractivity contribution in [3.05, 3.63) is 58.3 Å². The lowest BCUT2D eigenvalue weighted by Gasteiger charge is -2.37. The largest absolute Gasteiger partial charge is 0.354 e. The molecule has 7 heteroatoms. The highest BCUT2D eigenvalue weighted by molar-refractivity contribution is 8.16. The molecular formula is C21H26N4O2S. The number of amides is 2. The van der Waals surface area contributed by atoms with Crippen molar-refractivity contribution in [2.45, 2.75) is 39.3 Å². The maximum atomic E-state index is 13.0. The number of hydrogen-bond acceptors (Lipinski definition) is 5. The lowest BCUT2D eigenvalue weighted by atomic mass is 9.93. The summed E-state index contributed by atoms with van der Waals surface area (Å²) in [4.78, 5) is 33.7. The normalized spacial score (nSPS) is 18.6. The Kier molecular flexibility index (Phi) is 5.93. The van der Waals surface area contributed by atoms with Gasteiger partial charge in [-0.05, 0) is 31.7 Å². The predicted octanol–water partition coefficient (Wildman–Crippen LogP) is 3.26. The van der Waals surface area contributed by atoms with Gasteiger partial charge < -0.3 is 15.1 Å². The van der Waals surface area contributed by atoms with Crippen LogP contribution in [-0.4, -0.2) is 46.9 Å². The standard InChI is InChI=1S/C21H26N4O2S/c1-13(2)22-17(26)11-16-12-28-21-23-14(3)18(20(27)24(4)5)19(25(16)21)15-9-7-6-8-10-15/h6-10,12-13,19H,11H2,1-5H3,(H,22,26). The number of allylic oxidation sites excluding steroid dienone is 1. The minimum atomic E-state index is -0.309. The Morgan fingerprint density at radius 1 is 1.25 bits per heavy atom. The molecule has 0 saturated heterocycles. The fourth-order valence-electron chi connectivity index (χ4n) is 3.37. The van der Waals surface area contributed by atoms with Crippen LogP contribution in [0.15, 0.2) is 57.7 Å². The number of hydrogen-bond donors (Lipinski definition) is 1. The van der Waals surface area contributed by atoms with Crippen molar-refractivity contribution in [2.24, 2.45) is 4.99 Å². The molecule has 28 heavy (non-hydrogen) atoms. The minimum Gasteiger partial charge on any atom is -0.354 e. The minimum absolute atomic E-state index is 0.0401. The topological polar surface area (TPSA) is 65.0 Å². The molecule has 3 rings (SSSR count). The van der Waals surface area contributed by atoms with Gasteiger partial charge in [-0.1, -0.05) is 42.1 Å². The molecule has 2 heterocycles. The summed E-state index contributed by atoms with van der Waals surface area (Å²) in [7, 11) is 3.49. The quantitative estimate of drug-likeness (QED) is 0.827. The molecule has 0 aliphatic carbocycles. The van der Waals surface area contributed by atoms with E-state index in [9.17, 15) is 9.59 Å². The third kappa shape index (κ3) is 3.99. The summed E-state index contributed by atoms with van der Waals surface area (Å²) in [5.74, 6) is -0.112. The molecule has 2 amide bonds. The Labute approximate surface area is 170 Å². The molecule has 1 aromatic carbocycles. The van der Waals surface area contributed by atoms with E-state index in [0.29, 0.717) is 11.3 Å². The van der Waals surface area contributed by atoms with Gasteiger partial charge in [-0.25, -0.2) is 4.99 Å². The second-order valence-corrected chi connectivity index (χ2v) is 8.24. The highest BCUT2D eigenvalue weighted by Gasteiger charge is 2.40. The smallest absolute Gasteiger partial charge is 0.253 e. The number of amidine groups is 1. The van der Waals surface area contributed by atoms with Gasteiger partial charge in [0.1, 0.15) is 0 Å². The van der Waals surface area contributed by atoms with Crippen molar-refractivity contribution in [1.82, 2.24) is 15.1 Å². The number of rotatable bonds is 5. The maximum Gasteiger partial charge on any atom is 0.253 e. The molecule has 1 unspecified atom stereocenters. The summed E-state index contributed by atoms with van der Waals surface area (Å²) in [6.07, 6.45) is 0.246. The van der Waals surface area contributed by atoms with E-state index in [0.717, 1.165) is 16.4 Å². The number of nitrogens with zero attached hydrogens (tertiary/aromatic N) is 3. The number of benzene rings is 1. The molecular weight excluding hydrogens is 372 g/mol. The summed E-state index contributed by atoms with van der Waals surface area (Å²) in [5, 5.41) is 5.70. The number of aliphatic imine (C=N–C) groups is 1. The van der Waals surface area contributed by atoms with Crippen molar-refractivity contribution >= 4 is 28.7 Å². The van der Waals surface area contributed by atoms with Crippen LogP contribution in [0, 0.1) is 0 Å². The average molecular weight is 399 g/mol. The van der Waals surface area contributed by atoms with Crippen LogP contribution >= 0.6 is 11.8 Å². The molecule has 148 valence electrons. The highest BCUT2D eigenvalue weighted by atomic mass is 32.2. The molecule has 1 N–H and O–H groups in total. The monoisotopic (exact) mass is 398 g/mol. The number of thioether (sulfide) groups is 1. The molecule has 6 nitrogen and oxygen atoms in total. The van der Waals surface area contributed by atoms with Gasteiger partial charge in [0.15, 0.2) is 5.17 Å². The summed E-state index contributed by atoms with van der Waals surface area (Å²) >= 11 is 1.49. The average Bonchev–Trinajstić information content (AvgIpc) is 3.02. The summed E-state index contributed by atoms with van der Waals surface area (Å²) < 4.78 is 0. The van der Waals surface area contributed by atoms with Gasteiger partial charge in [-0.2, -0.15) is 0 Å². The van der Waals surface area contributed by atoms with Gasteiger partial charge >= 0.3 is 0 Å². The van der Waals surface area contributed by atoms with Gasteiger partial charge in [0.25, 0.3) is 5.91 Å². The van der Waals surface area contributed by atoms with Crippen LogP contribution in [-0.2, 0) is 9.59 Å².